The summed E-state index contributed by atoms with van der Waals surface area (Å²) in [7, 11) is 0. The van der Waals surface area contributed by atoms with Gasteiger partial charge < -0.3 is 13.4 Å². The fourth-order valence-corrected chi connectivity index (χ4v) is 9.50. The van der Waals surface area contributed by atoms with Crippen molar-refractivity contribution >= 4 is 71.4 Å². The lowest BCUT2D eigenvalue weighted by atomic mass is 9.82. The minimum atomic E-state index is -0.290. The van der Waals surface area contributed by atoms with Gasteiger partial charge in [-0.05, 0) is 76.3 Å². The fourth-order valence-electron chi connectivity index (χ4n) is 9.50. The normalized spacial score (nSPS) is 13.5. The molecule has 3 heterocycles. The number of aromatic nitrogens is 1. The largest absolute Gasteiger partial charge is 0.456 e. The molecule has 8 aromatic carbocycles. The van der Waals surface area contributed by atoms with E-state index in [4.69, 9.17) is 15.4 Å². The van der Waals surface area contributed by atoms with Crippen molar-refractivity contribution in [3.8, 4) is 34.0 Å². The highest BCUT2D eigenvalue weighted by molar-refractivity contribution is 6.24. The molecule has 0 N–H and O–H groups in total. The van der Waals surface area contributed by atoms with Gasteiger partial charge in [0.1, 0.15) is 22.3 Å². The van der Waals surface area contributed by atoms with Gasteiger partial charge in [-0.1, -0.05) is 109 Å². The molecular weight excluding hydrogens is 687 g/mol. The monoisotopic (exact) mass is 713 g/mol. The molecule has 56 heavy (non-hydrogen) atoms. The Balaban J connectivity index is 1.18. The minimum Gasteiger partial charge on any atom is -0.456 e. The molecule has 0 bridgehead atoms. The Morgan fingerprint density at radius 2 is 1.29 bits per heavy atom. The molecule has 12 rings (SSSR count). The summed E-state index contributed by atoms with van der Waals surface area (Å²) in [5.74, 6) is -0.290. The van der Waals surface area contributed by atoms with Crippen LogP contribution in [0.1, 0.15) is 28.2 Å². The van der Waals surface area contributed by atoms with Crippen LogP contribution < -0.4 is 0 Å². The lowest BCUT2D eigenvalue weighted by molar-refractivity contribution is 0.669. The zero-order valence-corrected chi connectivity index (χ0v) is 29.7. The molecule has 1 unspecified atom stereocenters. The maximum Gasteiger partial charge on any atom is 0.191 e. The number of nitrogens with zero attached hydrogens (tertiary/aromatic N) is 3. The highest BCUT2D eigenvalue weighted by Gasteiger charge is 2.36. The van der Waals surface area contributed by atoms with Crippen molar-refractivity contribution in [2.45, 2.75) is 5.92 Å². The second-order valence-corrected chi connectivity index (χ2v) is 14.5. The molecule has 0 amide bonds. The van der Waals surface area contributed by atoms with Crippen LogP contribution in [0.5, 0.6) is 0 Å². The Bertz CT molecular complexity index is 3580. The van der Waals surface area contributed by atoms with Gasteiger partial charge in [-0.15, -0.1) is 0 Å². The molecule has 0 radical (unpaired) electrons. The molecule has 5 heteroatoms. The minimum absolute atomic E-state index is 0.290. The zero-order chi connectivity index (χ0) is 37.1. The molecule has 0 spiro atoms. The highest BCUT2D eigenvalue weighted by atomic mass is 16.3. The van der Waals surface area contributed by atoms with E-state index < -0.39 is 0 Å². The topological polar surface area (TPSA) is 59.4 Å². The third-order valence-corrected chi connectivity index (χ3v) is 11.8. The number of furan rings is 2. The molecule has 0 saturated heterocycles. The highest BCUT2D eigenvalue weighted by Crippen LogP contribution is 2.56. The van der Waals surface area contributed by atoms with Crippen LogP contribution in [0.25, 0.3) is 98.5 Å². The summed E-state index contributed by atoms with van der Waals surface area (Å²) in [6.07, 6.45) is 0. The second-order valence-electron chi connectivity index (χ2n) is 14.5. The average molecular weight is 714 g/mol. The van der Waals surface area contributed by atoms with Crippen molar-refractivity contribution in [3.05, 3.63) is 191 Å². The van der Waals surface area contributed by atoms with E-state index >= 15 is 0 Å². The van der Waals surface area contributed by atoms with E-state index in [-0.39, 0.29) is 5.92 Å². The first-order chi connectivity index (χ1) is 27.7. The molecule has 11 aromatic rings. The Hall–Kier alpha value is -7.86. The molecular formula is C51H27N3O2. The van der Waals surface area contributed by atoms with Crippen LogP contribution in [-0.4, -0.2) is 4.57 Å². The fraction of sp³-hybridized carbons (Fsp3) is 0.0196. The van der Waals surface area contributed by atoms with Gasteiger partial charge in [0, 0.05) is 44.0 Å². The van der Waals surface area contributed by atoms with Gasteiger partial charge in [-0.3, -0.25) is 0 Å². The predicted molar refractivity (Wildman–Crippen MR) is 225 cm³/mol. The van der Waals surface area contributed by atoms with E-state index in [9.17, 15) is 5.26 Å². The van der Waals surface area contributed by atoms with E-state index in [0.717, 1.165) is 110 Å². The summed E-state index contributed by atoms with van der Waals surface area (Å²) in [5, 5.41) is 16.6. The van der Waals surface area contributed by atoms with Gasteiger partial charge in [0.05, 0.1) is 40.3 Å². The number of hydrogen-bond donors (Lipinski definition) is 0. The first-order valence-corrected chi connectivity index (χ1v) is 18.6. The molecule has 1 aliphatic rings. The quantitative estimate of drug-likeness (QED) is 0.171. The smallest absolute Gasteiger partial charge is 0.191 e. The Kier molecular flexibility index (Phi) is 6.18. The third-order valence-electron chi connectivity index (χ3n) is 11.8. The lowest BCUT2D eigenvalue weighted by Gasteiger charge is -2.23. The van der Waals surface area contributed by atoms with Crippen LogP contribution in [-0.2, 0) is 0 Å². The first-order valence-electron chi connectivity index (χ1n) is 18.6. The van der Waals surface area contributed by atoms with Crippen LogP contribution in [0, 0.1) is 17.9 Å². The van der Waals surface area contributed by atoms with Crippen LogP contribution in [0.15, 0.2) is 167 Å². The first kappa shape index (κ1) is 30.6. The Labute approximate surface area is 320 Å². The number of nitriles is 1. The van der Waals surface area contributed by atoms with Crippen molar-refractivity contribution in [2.75, 3.05) is 0 Å². The van der Waals surface area contributed by atoms with Crippen molar-refractivity contribution in [1.82, 2.24) is 4.57 Å². The molecule has 3 aromatic heterocycles. The predicted octanol–water partition coefficient (Wildman–Crippen LogP) is 13.8. The van der Waals surface area contributed by atoms with Crippen LogP contribution in [0.4, 0.5) is 5.69 Å². The molecule has 0 aliphatic heterocycles. The van der Waals surface area contributed by atoms with E-state index in [1.165, 1.54) is 0 Å². The Morgan fingerprint density at radius 3 is 2.14 bits per heavy atom. The summed E-state index contributed by atoms with van der Waals surface area (Å²) in [6, 6.07) is 56.4. The third kappa shape index (κ3) is 4.01. The maximum absolute atomic E-state index is 10.1. The van der Waals surface area contributed by atoms with E-state index in [0.29, 0.717) is 11.3 Å². The van der Waals surface area contributed by atoms with Crippen LogP contribution in [0.2, 0.25) is 0 Å². The Morgan fingerprint density at radius 1 is 0.571 bits per heavy atom. The maximum atomic E-state index is 10.1. The van der Waals surface area contributed by atoms with Crippen molar-refractivity contribution in [3.63, 3.8) is 0 Å². The second kappa shape index (κ2) is 11.3. The zero-order valence-electron chi connectivity index (χ0n) is 29.7. The van der Waals surface area contributed by atoms with Gasteiger partial charge in [0.15, 0.2) is 5.69 Å². The number of para-hydroxylation sites is 4. The van der Waals surface area contributed by atoms with Crippen molar-refractivity contribution in [1.29, 1.82) is 5.26 Å². The summed E-state index contributed by atoms with van der Waals surface area (Å²) in [5.41, 5.74) is 14.6. The molecule has 0 saturated carbocycles. The molecule has 258 valence electrons. The average Bonchev–Trinajstić information content (AvgIpc) is 4.00. The number of benzene rings is 8. The standard InChI is InChI=1S/C51H27N3O2/c1-53-40-16-10-15-33(48(40)46-34-22-21-29(28-52)27-39(34)47-38(46)24-23-36-32-13-4-8-19-43(32)56-51(36)47)30-11-2-6-17-41(30)54-42-18-7-3-12-31(42)35-25-26-45-49(50(35)54)37-14-5-9-20-44(37)55-45/h2-27,46H. The summed E-state index contributed by atoms with van der Waals surface area (Å²) >= 11 is 0. The van der Waals surface area contributed by atoms with Gasteiger partial charge in [-0.2, -0.15) is 5.26 Å². The van der Waals surface area contributed by atoms with Gasteiger partial charge in [0.25, 0.3) is 0 Å². The van der Waals surface area contributed by atoms with Gasteiger partial charge >= 0.3 is 0 Å². The molecule has 1 aliphatic carbocycles. The summed E-state index contributed by atoms with van der Waals surface area (Å²) in [4.78, 5) is 4.19. The van der Waals surface area contributed by atoms with Gasteiger partial charge in [0.2, 0.25) is 0 Å². The van der Waals surface area contributed by atoms with Gasteiger partial charge in [-0.25, -0.2) is 4.85 Å². The van der Waals surface area contributed by atoms with Crippen LogP contribution >= 0.6 is 0 Å². The van der Waals surface area contributed by atoms with E-state index in [2.05, 4.69) is 119 Å². The summed E-state index contributed by atoms with van der Waals surface area (Å²) < 4.78 is 15.5. The number of fused-ring (bicyclic) bond motifs is 14. The molecule has 0 fully saturated rings. The molecule has 1 atom stereocenters. The lowest BCUT2D eigenvalue weighted by Crippen LogP contribution is -2.04. The van der Waals surface area contributed by atoms with E-state index in [1.807, 2.05) is 54.6 Å². The number of hydrogen-bond acceptors (Lipinski definition) is 3. The van der Waals surface area contributed by atoms with Crippen molar-refractivity contribution < 1.29 is 8.83 Å². The van der Waals surface area contributed by atoms with E-state index in [1.54, 1.807) is 0 Å². The number of rotatable bonds is 3. The SMILES string of the molecule is [C-]#[N+]c1cccc(-c2ccccc2-n2c3ccccc3c3ccc4oc5ccccc5c4c32)c1C1c2ccc(C#N)cc2-c2c1ccc1c2oc2ccccc21. The summed E-state index contributed by atoms with van der Waals surface area (Å²) in [6.45, 7) is 8.55. The van der Waals surface area contributed by atoms with Crippen molar-refractivity contribution in [2.24, 2.45) is 0 Å². The van der Waals surface area contributed by atoms with Crippen LogP contribution in [0.3, 0.4) is 0 Å². The molecule has 5 nitrogen and oxygen atoms in total.